The molecule has 0 unspecified atom stereocenters. The third-order valence-corrected chi connectivity index (χ3v) is 6.29. The number of carbonyl (C=O) groups excluding carboxylic acids is 3. The molecular formula is C31H33N3O6. The largest absolute Gasteiger partial charge is 0.460 e. The minimum Gasteiger partial charge on any atom is -0.460 e. The van der Waals surface area contributed by atoms with Crippen molar-refractivity contribution in [3.05, 3.63) is 95.1 Å². The minimum absolute atomic E-state index is 0.0343. The molecule has 4 rings (SSSR count). The van der Waals surface area contributed by atoms with E-state index in [-0.39, 0.29) is 18.4 Å². The summed E-state index contributed by atoms with van der Waals surface area (Å²) in [6.07, 6.45) is -1.37. The molecule has 0 fully saturated rings. The van der Waals surface area contributed by atoms with Gasteiger partial charge in [0.2, 0.25) is 0 Å². The van der Waals surface area contributed by atoms with E-state index in [1.807, 2.05) is 67.6 Å². The standard InChI is InChI=1S/C31H33N3O6/c1-19-13-15-20(16-14-19)28(32)34-40-29(36)26(17-27(35)39-31(2,3)4)33-30(37)38-18-25-23-11-7-5-9-21(23)22-10-6-8-12-24(22)25/h5-16,25-26H,17-18H2,1-4H3,(H2,32,34)(H,33,37)/t26-/m1/s1. The molecule has 0 aliphatic heterocycles. The van der Waals surface area contributed by atoms with Crippen LogP contribution in [0.5, 0.6) is 0 Å². The maximum atomic E-state index is 12.9. The van der Waals surface area contributed by atoms with Crippen molar-refractivity contribution in [2.24, 2.45) is 10.9 Å². The van der Waals surface area contributed by atoms with Gasteiger partial charge in [0, 0.05) is 11.5 Å². The van der Waals surface area contributed by atoms with E-state index < -0.39 is 36.1 Å². The molecule has 3 aromatic carbocycles. The van der Waals surface area contributed by atoms with Crippen molar-refractivity contribution in [2.45, 2.75) is 51.7 Å². The maximum Gasteiger partial charge on any atom is 0.407 e. The SMILES string of the molecule is Cc1ccc(/C(N)=N\OC(=O)[C@@H](CC(=O)OC(C)(C)C)NC(=O)OCC2c3ccccc3-c3ccccc32)cc1. The molecule has 208 valence electrons. The summed E-state index contributed by atoms with van der Waals surface area (Å²) < 4.78 is 10.9. The van der Waals surface area contributed by atoms with Crippen molar-refractivity contribution in [2.75, 3.05) is 6.61 Å². The number of oxime groups is 1. The quantitative estimate of drug-likeness (QED) is 0.137. The molecule has 0 saturated heterocycles. The number of nitrogens with zero attached hydrogens (tertiary/aromatic N) is 1. The van der Waals surface area contributed by atoms with E-state index in [0.717, 1.165) is 27.8 Å². The van der Waals surface area contributed by atoms with E-state index in [9.17, 15) is 14.4 Å². The number of alkyl carbamates (subject to hydrolysis) is 1. The second-order valence-electron chi connectivity index (χ2n) is 10.6. The second kappa shape index (κ2) is 12.0. The molecule has 1 atom stereocenters. The molecule has 0 bridgehead atoms. The van der Waals surface area contributed by atoms with Crippen LogP contribution in [0.15, 0.2) is 78.0 Å². The molecule has 1 aliphatic carbocycles. The zero-order valence-electron chi connectivity index (χ0n) is 23.0. The number of ether oxygens (including phenoxy) is 2. The van der Waals surface area contributed by atoms with Gasteiger partial charge in [0.15, 0.2) is 5.84 Å². The number of fused-ring (bicyclic) bond motifs is 3. The summed E-state index contributed by atoms with van der Waals surface area (Å²) in [5.41, 5.74) is 11.0. The van der Waals surface area contributed by atoms with Crippen LogP contribution in [0.2, 0.25) is 0 Å². The third-order valence-electron chi connectivity index (χ3n) is 6.29. The fraction of sp³-hybridized carbons (Fsp3) is 0.290. The summed E-state index contributed by atoms with van der Waals surface area (Å²) >= 11 is 0. The highest BCUT2D eigenvalue weighted by Gasteiger charge is 2.32. The zero-order valence-corrected chi connectivity index (χ0v) is 23.0. The average molecular weight is 544 g/mol. The fourth-order valence-electron chi connectivity index (χ4n) is 4.46. The van der Waals surface area contributed by atoms with Crippen LogP contribution in [0, 0.1) is 6.92 Å². The van der Waals surface area contributed by atoms with E-state index in [2.05, 4.69) is 10.5 Å². The Hall–Kier alpha value is -4.66. The second-order valence-corrected chi connectivity index (χ2v) is 10.6. The molecule has 9 nitrogen and oxygen atoms in total. The van der Waals surface area contributed by atoms with Crippen molar-refractivity contribution in [1.82, 2.24) is 5.32 Å². The maximum absolute atomic E-state index is 12.9. The van der Waals surface area contributed by atoms with Gasteiger partial charge in [-0.3, -0.25) is 4.79 Å². The Morgan fingerprint density at radius 3 is 2.08 bits per heavy atom. The van der Waals surface area contributed by atoms with Gasteiger partial charge in [-0.25, -0.2) is 9.59 Å². The zero-order chi connectivity index (χ0) is 28.9. The van der Waals surface area contributed by atoms with Gasteiger partial charge in [0.1, 0.15) is 18.2 Å². The van der Waals surface area contributed by atoms with Crippen molar-refractivity contribution in [3.63, 3.8) is 0 Å². The molecule has 0 heterocycles. The number of carbonyl (C=O) groups is 3. The summed E-state index contributed by atoms with van der Waals surface area (Å²) in [5.74, 6) is -1.91. The summed E-state index contributed by atoms with van der Waals surface area (Å²) in [4.78, 5) is 43.2. The van der Waals surface area contributed by atoms with Gasteiger partial charge in [-0.15, -0.1) is 0 Å². The van der Waals surface area contributed by atoms with Crippen LogP contribution in [0.25, 0.3) is 11.1 Å². The number of aryl methyl sites for hydroxylation is 1. The summed E-state index contributed by atoms with van der Waals surface area (Å²) in [6.45, 7) is 7.05. The number of nitrogens with two attached hydrogens (primary N) is 1. The average Bonchev–Trinajstić information content (AvgIpc) is 3.23. The Labute approximate surface area is 233 Å². The predicted octanol–water partition coefficient (Wildman–Crippen LogP) is 4.80. The van der Waals surface area contributed by atoms with Crippen molar-refractivity contribution in [3.8, 4) is 11.1 Å². The number of esters is 1. The molecule has 1 amide bonds. The van der Waals surface area contributed by atoms with E-state index in [1.165, 1.54) is 0 Å². The molecule has 40 heavy (non-hydrogen) atoms. The number of hydrogen-bond acceptors (Lipinski definition) is 7. The van der Waals surface area contributed by atoms with Gasteiger partial charge in [-0.2, -0.15) is 0 Å². The van der Waals surface area contributed by atoms with Crippen molar-refractivity contribution in [1.29, 1.82) is 0 Å². The van der Waals surface area contributed by atoms with Crippen LogP contribution in [0.4, 0.5) is 4.79 Å². The van der Waals surface area contributed by atoms with E-state index in [0.29, 0.717) is 5.56 Å². The number of amides is 1. The van der Waals surface area contributed by atoms with Crippen molar-refractivity contribution < 1.29 is 28.7 Å². The number of amidine groups is 1. The molecule has 3 aromatic rings. The lowest BCUT2D eigenvalue weighted by atomic mass is 9.98. The lowest BCUT2D eigenvalue weighted by Gasteiger charge is -2.22. The first-order chi connectivity index (χ1) is 19.0. The van der Waals surface area contributed by atoms with Gasteiger partial charge in [0.25, 0.3) is 0 Å². The topological polar surface area (TPSA) is 129 Å². The minimum atomic E-state index is -1.42. The lowest BCUT2D eigenvalue weighted by molar-refractivity contribution is -0.159. The molecule has 9 heteroatoms. The summed E-state index contributed by atoms with van der Waals surface area (Å²) in [5, 5.41) is 6.12. The molecule has 0 spiro atoms. The highest BCUT2D eigenvalue weighted by molar-refractivity contribution is 5.97. The fourth-order valence-corrected chi connectivity index (χ4v) is 4.46. The van der Waals surface area contributed by atoms with Gasteiger partial charge >= 0.3 is 18.0 Å². The monoisotopic (exact) mass is 543 g/mol. The van der Waals surface area contributed by atoms with Crippen LogP contribution < -0.4 is 11.1 Å². The smallest absolute Gasteiger partial charge is 0.407 e. The number of benzene rings is 3. The summed E-state index contributed by atoms with van der Waals surface area (Å²) in [7, 11) is 0. The molecule has 0 radical (unpaired) electrons. The van der Waals surface area contributed by atoms with E-state index >= 15 is 0 Å². The Morgan fingerprint density at radius 2 is 1.50 bits per heavy atom. The molecule has 0 aromatic heterocycles. The Morgan fingerprint density at radius 1 is 0.925 bits per heavy atom. The van der Waals surface area contributed by atoms with Crippen LogP contribution in [-0.4, -0.2) is 42.1 Å². The lowest BCUT2D eigenvalue weighted by Crippen LogP contribution is -2.44. The Kier molecular flexibility index (Phi) is 8.52. The predicted molar refractivity (Wildman–Crippen MR) is 150 cm³/mol. The Bertz CT molecular complexity index is 1380. The van der Waals surface area contributed by atoms with E-state index in [1.54, 1.807) is 32.9 Å². The van der Waals surface area contributed by atoms with Gasteiger partial charge < -0.3 is 25.4 Å². The highest BCUT2D eigenvalue weighted by Crippen LogP contribution is 2.44. The van der Waals surface area contributed by atoms with Crippen molar-refractivity contribution >= 4 is 23.9 Å². The van der Waals surface area contributed by atoms with Crippen LogP contribution in [0.3, 0.4) is 0 Å². The number of hydrogen-bond donors (Lipinski definition) is 2. The number of nitrogens with one attached hydrogen (secondary N) is 1. The third kappa shape index (κ3) is 7.05. The normalized spacial score (nSPS) is 13.6. The molecular weight excluding hydrogens is 510 g/mol. The summed E-state index contributed by atoms with van der Waals surface area (Å²) in [6, 6.07) is 21.6. The van der Waals surface area contributed by atoms with Gasteiger partial charge in [-0.1, -0.05) is 83.5 Å². The first kappa shape index (κ1) is 28.4. The Balaban J connectivity index is 1.44. The van der Waals surface area contributed by atoms with Crippen LogP contribution >= 0.6 is 0 Å². The molecule has 0 saturated carbocycles. The van der Waals surface area contributed by atoms with E-state index in [4.69, 9.17) is 20.0 Å². The molecule has 1 aliphatic rings. The van der Waals surface area contributed by atoms with Gasteiger partial charge in [-0.05, 0) is 49.9 Å². The number of rotatable bonds is 8. The van der Waals surface area contributed by atoms with Crippen LogP contribution in [0.1, 0.15) is 55.4 Å². The van der Waals surface area contributed by atoms with Gasteiger partial charge in [0.05, 0.1) is 6.42 Å². The first-order valence-corrected chi connectivity index (χ1v) is 13.0. The van der Waals surface area contributed by atoms with Crippen LogP contribution in [-0.2, 0) is 23.9 Å². The molecule has 3 N–H and O–H groups in total. The highest BCUT2D eigenvalue weighted by atomic mass is 16.7. The first-order valence-electron chi connectivity index (χ1n) is 13.0.